The molecule has 0 aliphatic heterocycles. The number of carbonyl (C=O) groups excluding carboxylic acids is 1. The first-order valence-corrected chi connectivity index (χ1v) is 10.1. The van der Waals surface area contributed by atoms with E-state index in [0.29, 0.717) is 5.39 Å². The first kappa shape index (κ1) is 19.8. The molecule has 1 heterocycles. The van der Waals surface area contributed by atoms with Gasteiger partial charge in [-0.1, -0.05) is 24.6 Å². The molecule has 7 nitrogen and oxygen atoms in total. The van der Waals surface area contributed by atoms with E-state index < -0.39 is 27.7 Å². The van der Waals surface area contributed by atoms with Gasteiger partial charge in [-0.15, -0.1) is 0 Å². The summed E-state index contributed by atoms with van der Waals surface area (Å²) in [4.78, 5) is 23.9. The smallest absolute Gasteiger partial charge is 0.336 e. The number of hydrogen-bond acceptors (Lipinski definition) is 6. The van der Waals surface area contributed by atoms with Crippen LogP contribution in [0.5, 0.6) is 5.75 Å². The minimum atomic E-state index is -3.88. The molecule has 0 amide bonds. The van der Waals surface area contributed by atoms with Gasteiger partial charge in [0.15, 0.2) is 0 Å². The lowest BCUT2D eigenvalue weighted by atomic mass is 10.2. The highest BCUT2D eigenvalue weighted by molar-refractivity contribution is 7.89. The molecule has 0 unspecified atom stereocenters. The second kappa shape index (κ2) is 7.95. The topological polar surface area (TPSA) is 103 Å². The van der Waals surface area contributed by atoms with E-state index in [1.807, 2.05) is 6.92 Å². The van der Waals surface area contributed by atoms with Crippen LogP contribution in [0, 0.1) is 6.92 Å². The number of ether oxygens (including phenoxy) is 1. The monoisotopic (exact) mass is 401 g/mol. The third-order valence-corrected chi connectivity index (χ3v) is 5.62. The number of nitrogens with one attached hydrogen (secondary N) is 1. The van der Waals surface area contributed by atoms with Gasteiger partial charge >= 0.3 is 11.6 Å². The summed E-state index contributed by atoms with van der Waals surface area (Å²) < 4.78 is 37.7. The minimum Gasteiger partial charge on any atom is -0.425 e. The lowest BCUT2D eigenvalue weighted by molar-refractivity contribution is -0.136. The maximum Gasteiger partial charge on any atom is 0.336 e. The van der Waals surface area contributed by atoms with Gasteiger partial charge in [-0.25, -0.2) is 18.0 Å². The Hall–Kier alpha value is -2.97. The Bertz CT molecular complexity index is 1170. The zero-order chi connectivity index (χ0) is 20.3. The molecule has 3 aromatic rings. The number of rotatable bonds is 6. The normalized spacial score (nSPS) is 12.6. The number of hydrogen-bond donors (Lipinski definition) is 1. The van der Waals surface area contributed by atoms with Crippen LogP contribution in [0.3, 0.4) is 0 Å². The van der Waals surface area contributed by atoms with Gasteiger partial charge in [0.1, 0.15) is 17.4 Å². The van der Waals surface area contributed by atoms with E-state index in [0.717, 1.165) is 5.56 Å². The van der Waals surface area contributed by atoms with Crippen LogP contribution in [0.2, 0.25) is 0 Å². The first-order valence-electron chi connectivity index (χ1n) is 8.63. The molecule has 0 spiro atoms. The summed E-state index contributed by atoms with van der Waals surface area (Å²) >= 11 is 0. The van der Waals surface area contributed by atoms with Crippen molar-refractivity contribution in [2.45, 2.75) is 31.2 Å². The SMILES string of the molecule is CC[C@@H](NS(=O)(=O)c1ccc(C)cc1)C(=O)Oc1ccc2ccc(=O)oc2c1. The molecule has 0 saturated carbocycles. The highest BCUT2D eigenvalue weighted by Gasteiger charge is 2.26. The van der Waals surface area contributed by atoms with Gasteiger partial charge in [-0.3, -0.25) is 0 Å². The van der Waals surface area contributed by atoms with Gasteiger partial charge in [0.25, 0.3) is 0 Å². The largest absolute Gasteiger partial charge is 0.425 e. The average molecular weight is 401 g/mol. The quantitative estimate of drug-likeness (QED) is 0.387. The van der Waals surface area contributed by atoms with E-state index in [1.54, 1.807) is 37.3 Å². The molecule has 3 rings (SSSR count). The van der Waals surface area contributed by atoms with Gasteiger partial charge in [-0.05, 0) is 43.7 Å². The Labute approximate surface area is 162 Å². The van der Waals surface area contributed by atoms with Crippen LogP contribution >= 0.6 is 0 Å². The molecule has 1 atom stereocenters. The van der Waals surface area contributed by atoms with Crippen molar-refractivity contribution in [3.63, 3.8) is 0 Å². The Morgan fingerprint density at radius 3 is 2.46 bits per heavy atom. The van der Waals surface area contributed by atoms with Gasteiger partial charge in [-0.2, -0.15) is 4.72 Å². The number of carbonyl (C=O) groups is 1. The van der Waals surface area contributed by atoms with E-state index >= 15 is 0 Å². The minimum absolute atomic E-state index is 0.0665. The Morgan fingerprint density at radius 2 is 1.79 bits per heavy atom. The third kappa shape index (κ3) is 4.47. The van der Waals surface area contributed by atoms with Crippen LogP contribution in [-0.2, 0) is 14.8 Å². The maximum absolute atomic E-state index is 12.5. The fourth-order valence-corrected chi connectivity index (χ4v) is 3.83. The second-order valence-electron chi connectivity index (χ2n) is 6.27. The van der Waals surface area contributed by atoms with E-state index in [1.165, 1.54) is 24.3 Å². The number of aryl methyl sites for hydroxylation is 1. The predicted molar refractivity (Wildman–Crippen MR) is 104 cm³/mol. The number of sulfonamides is 1. The van der Waals surface area contributed by atoms with Crippen molar-refractivity contribution in [3.05, 3.63) is 70.6 Å². The maximum atomic E-state index is 12.5. The molecule has 2 aromatic carbocycles. The molecule has 0 saturated heterocycles. The number of esters is 1. The molecule has 0 bridgehead atoms. The van der Waals surface area contributed by atoms with Crippen molar-refractivity contribution in [3.8, 4) is 5.75 Å². The standard InChI is InChI=1S/C20H19NO6S/c1-3-17(21-28(24,25)16-9-4-13(2)5-10-16)20(23)26-15-8-6-14-7-11-19(22)27-18(14)12-15/h4-12,17,21H,3H2,1-2H3/t17-/m1/s1. The molecule has 0 aliphatic rings. The van der Waals surface area contributed by atoms with Gasteiger partial charge in [0.2, 0.25) is 10.0 Å². The Balaban J connectivity index is 1.78. The first-order chi connectivity index (χ1) is 13.3. The summed E-state index contributed by atoms with van der Waals surface area (Å²) in [7, 11) is -3.88. The second-order valence-corrected chi connectivity index (χ2v) is 7.98. The molecule has 0 aliphatic carbocycles. The van der Waals surface area contributed by atoms with Crippen LogP contribution in [0.25, 0.3) is 11.0 Å². The summed E-state index contributed by atoms with van der Waals surface area (Å²) in [6.45, 7) is 3.52. The summed E-state index contributed by atoms with van der Waals surface area (Å²) in [6.07, 6.45) is 0.201. The molecule has 28 heavy (non-hydrogen) atoms. The lowest BCUT2D eigenvalue weighted by Gasteiger charge is -2.16. The van der Waals surface area contributed by atoms with E-state index in [9.17, 15) is 18.0 Å². The van der Waals surface area contributed by atoms with E-state index in [-0.39, 0.29) is 22.6 Å². The highest BCUT2D eigenvalue weighted by Crippen LogP contribution is 2.20. The lowest BCUT2D eigenvalue weighted by Crippen LogP contribution is -2.42. The van der Waals surface area contributed by atoms with Crippen molar-refractivity contribution in [1.82, 2.24) is 4.72 Å². The van der Waals surface area contributed by atoms with E-state index in [2.05, 4.69) is 4.72 Å². The van der Waals surface area contributed by atoms with Crippen LogP contribution in [0.4, 0.5) is 0 Å². The van der Waals surface area contributed by atoms with E-state index in [4.69, 9.17) is 9.15 Å². The highest BCUT2D eigenvalue weighted by atomic mass is 32.2. The fourth-order valence-electron chi connectivity index (χ4n) is 2.56. The van der Waals surface area contributed by atoms with Crippen molar-refractivity contribution >= 4 is 27.0 Å². The zero-order valence-corrected chi connectivity index (χ0v) is 16.2. The van der Waals surface area contributed by atoms with Crippen LogP contribution in [-0.4, -0.2) is 20.4 Å². The summed E-state index contributed by atoms with van der Waals surface area (Å²) in [5.41, 5.74) is 0.674. The van der Waals surface area contributed by atoms with Crippen molar-refractivity contribution in [2.75, 3.05) is 0 Å². The zero-order valence-electron chi connectivity index (χ0n) is 15.3. The molecule has 0 radical (unpaired) electrons. The summed E-state index contributed by atoms with van der Waals surface area (Å²) in [5, 5.41) is 0.673. The van der Waals surface area contributed by atoms with Crippen LogP contribution < -0.4 is 15.1 Å². The molecule has 8 heteroatoms. The van der Waals surface area contributed by atoms with Crippen LogP contribution in [0.1, 0.15) is 18.9 Å². The van der Waals surface area contributed by atoms with Crippen molar-refractivity contribution < 1.29 is 22.4 Å². The van der Waals surface area contributed by atoms with Gasteiger partial charge in [0.05, 0.1) is 4.90 Å². The number of fused-ring (bicyclic) bond motifs is 1. The van der Waals surface area contributed by atoms with Gasteiger partial charge < -0.3 is 9.15 Å². The van der Waals surface area contributed by atoms with Crippen molar-refractivity contribution in [2.24, 2.45) is 0 Å². The molecule has 1 N–H and O–H groups in total. The van der Waals surface area contributed by atoms with Crippen molar-refractivity contribution in [1.29, 1.82) is 0 Å². The molecule has 1 aromatic heterocycles. The Kier molecular flexibility index (Phi) is 5.62. The molecule has 146 valence electrons. The molecular formula is C20H19NO6S. The molecule has 0 fully saturated rings. The summed E-state index contributed by atoms with van der Waals surface area (Å²) in [6, 6.07) is 12.7. The predicted octanol–water partition coefficient (Wildman–Crippen LogP) is 2.76. The average Bonchev–Trinajstić information content (AvgIpc) is 2.66. The van der Waals surface area contributed by atoms with Gasteiger partial charge in [0, 0.05) is 17.5 Å². The fraction of sp³-hybridized carbons (Fsp3) is 0.200. The molecular weight excluding hydrogens is 382 g/mol. The summed E-state index contributed by atoms with van der Waals surface area (Å²) in [5.74, 6) is -0.601. The third-order valence-electron chi connectivity index (χ3n) is 4.13. The van der Waals surface area contributed by atoms with Crippen LogP contribution in [0.15, 0.2) is 68.7 Å². The Morgan fingerprint density at radius 1 is 1.11 bits per heavy atom. The number of benzene rings is 2.